The van der Waals surface area contributed by atoms with E-state index >= 15 is 0 Å². The number of carbonyl (C=O) groups excluding carboxylic acids is 5. The number of likely N-dealkylation sites (N-methyl/N-ethyl adjacent to an activating group) is 1. The van der Waals surface area contributed by atoms with E-state index in [9.17, 15) is 49.5 Å². The molecule has 3 amide bonds. The number of carbonyl (C=O) groups is 5. The molecule has 9 N–H and O–H groups in total. The molecule has 1 aromatic rings. The molecule has 1 fully saturated rings. The molecule has 3 aliphatic carbocycles. The van der Waals surface area contributed by atoms with Crippen LogP contribution in [-0.2, 0) is 23.9 Å². The van der Waals surface area contributed by atoms with Crippen LogP contribution in [0.25, 0.3) is 5.76 Å². The maximum Gasteiger partial charge on any atom is 0.408 e. The van der Waals surface area contributed by atoms with Gasteiger partial charge in [-0.2, -0.15) is 0 Å². The fourth-order valence-electron chi connectivity index (χ4n) is 6.38. The number of aliphatic hydroxyl groups excluding tert-OH is 3. The summed E-state index contributed by atoms with van der Waals surface area (Å²) in [7, 11) is 2.83. The average molecular weight is 615 g/mol. The number of nitrogens with zero attached hydrogens (tertiary/aromatic N) is 1. The monoisotopic (exact) mass is 614 g/mol. The van der Waals surface area contributed by atoms with Crippen LogP contribution < -0.4 is 16.4 Å². The lowest BCUT2D eigenvalue weighted by atomic mass is 9.54. The van der Waals surface area contributed by atoms with Gasteiger partial charge in [0.2, 0.25) is 11.7 Å². The Morgan fingerprint density at radius 1 is 1.20 bits per heavy atom. The quantitative estimate of drug-likeness (QED) is 0.112. The van der Waals surface area contributed by atoms with Gasteiger partial charge in [-0.1, -0.05) is 25.6 Å². The van der Waals surface area contributed by atoms with Gasteiger partial charge >= 0.3 is 6.09 Å². The normalized spacial score (nSPS) is 28.5. The highest BCUT2D eigenvalue weighted by Crippen LogP contribution is 2.56. The van der Waals surface area contributed by atoms with Crippen molar-refractivity contribution in [1.29, 1.82) is 0 Å². The van der Waals surface area contributed by atoms with Crippen LogP contribution in [0.4, 0.5) is 10.5 Å². The van der Waals surface area contributed by atoms with Gasteiger partial charge in [0, 0.05) is 11.5 Å². The summed E-state index contributed by atoms with van der Waals surface area (Å²) in [6.07, 6.45) is -1.30. The Kier molecular flexibility index (Phi) is 8.34. The third kappa shape index (κ3) is 4.69. The third-order valence-electron chi connectivity index (χ3n) is 8.45. The zero-order valence-corrected chi connectivity index (χ0v) is 24.3. The summed E-state index contributed by atoms with van der Waals surface area (Å²) < 4.78 is 4.78. The maximum absolute atomic E-state index is 14.1. The van der Waals surface area contributed by atoms with E-state index in [1.807, 2.05) is 0 Å². The van der Waals surface area contributed by atoms with Crippen LogP contribution >= 0.6 is 0 Å². The summed E-state index contributed by atoms with van der Waals surface area (Å²) in [6, 6.07) is 0.157. The van der Waals surface area contributed by atoms with Gasteiger partial charge in [0.15, 0.2) is 11.4 Å². The van der Waals surface area contributed by atoms with Gasteiger partial charge in [-0.15, -0.1) is 0 Å². The number of primary amides is 1. The van der Waals surface area contributed by atoms with Crippen molar-refractivity contribution in [3.63, 3.8) is 0 Å². The van der Waals surface area contributed by atoms with Crippen molar-refractivity contribution in [3.8, 4) is 5.75 Å². The highest BCUT2D eigenvalue weighted by atomic mass is 16.5. The number of nitrogens with two attached hydrogens (primary N) is 1. The summed E-state index contributed by atoms with van der Waals surface area (Å²) in [6.45, 7) is 6.25. The first kappa shape index (κ1) is 32.2. The van der Waals surface area contributed by atoms with E-state index in [0.29, 0.717) is 0 Å². The third-order valence-corrected chi connectivity index (χ3v) is 8.45. The number of ketones is 2. The molecular formula is C29H34N4O11. The fourth-order valence-corrected chi connectivity index (χ4v) is 6.38. The van der Waals surface area contributed by atoms with Gasteiger partial charge in [-0.05, 0) is 38.6 Å². The van der Waals surface area contributed by atoms with E-state index < -0.39 is 99.4 Å². The number of ether oxygens (including phenoxy) is 1. The molecule has 15 nitrogen and oxygen atoms in total. The molecule has 1 aromatic carbocycles. The van der Waals surface area contributed by atoms with Crippen molar-refractivity contribution in [1.82, 2.24) is 10.2 Å². The van der Waals surface area contributed by atoms with Crippen molar-refractivity contribution in [3.05, 3.63) is 52.8 Å². The lowest BCUT2D eigenvalue weighted by molar-refractivity contribution is -0.169. The number of aromatic hydroxyl groups is 1. The Hall–Kier alpha value is -4.73. The number of hydrogen-bond acceptors (Lipinski definition) is 12. The summed E-state index contributed by atoms with van der Waals surface area (Å²) in [5.41, 5.74) is 0.417. The first-order valence-electron chi connectivity index (χ1n) is 13.6. The van der Waals surface area contributed by atoms with Gasteiger partial charge in [-0.3, -0.25) is 24.1 Å². The highest BCUT2D eigenvalue weighted by molar-refractivity contribution is 6.24. The highest BCUT2D eigenvalue weighted by Gasteiger charge is 2.68. The van der Waals surface area contributed by atoms with Crippen molar-refractivity contribution in [2.45, 2.75) is 43.6 Å². The minimum absolute atomic E-state index is 0.0916. The standard InChI is InChI=1S/C29H34N4O11/c1-6-9-44-28(42)31-11(3)27(41)32-13-8-7-12-10(2)14-16(21(35)15(12)20(13)34)24(38)29(43)18(22(14)36)19(33(4)5)23(37)17(25(29)39)26(30)40/h6-8,10-11,14,18-19,22,34-36,39,43H,1,9H2,2-5H3,(H2,30,40)(H,31,42)(H,32,41). The van der Waals surface area contributed by atoms with Gasteiger partial charge in [0.05, 0.1) is 29.3 Å². The molecular weight excluding hydrogens is 580 g/mol. The number of alkyl carbamates (subject to hydrolysis) is 1. The number of phenolic OH excluding ortho intramolecular Hbond substituents is 1. The van der Waals surface area contributed by atoms with Crippen LogP contribution in [0.3, 0.4) is 0 Å². The predicted molar refractivity (Wildman–Crippen MR) is 153 cm³/mol. The van der Waals surface area contributed by atoms with Crippen molar-refractivity contribution in [2.75, 3.05) is 26.0 Å². The maximum atomic E-state index is 14.1. The van der Waals surface area contributed by atoms with Crippen LogP contribution in [0, 0.1) is 11.8 Å². The van der Waals surface area contributed by atoms with Gasteiger partial charge in [0.1, 0.15) is 35.5 Å². The number of nitrogens with one attached hydrogen (secondary N) is 2. The molecule has 44 heavy (non-hydrogen) atoms. The lowest BCUT2D eigenvalue weighted by Crippen LogP contribution is -2.70. The van der Waals surface area contributed by atoms with Crippen molar-refractivity contribution >= 4 is 40.9 Å². The van der Waals surface area contributed by atoms with Crippen molar-refractivity contribution in [2.24, 2.45) is 17.6 Å². The van der Waals surface area contributed by atoms with Gasteiger partial charge in [0.25, 0.3) is 5.91 Å². The molecule has 1 saturated carbocycles. The number of fused-ring (bicyclic) bond motifs is 3. The first-order chi connectivity index (χ1) is 20.5. The van der Waals surface area contributed by atoms with E-state index in [4.69, 9.17) is 10.5 Å². The zero-order valence-electron chi connectivity index (χ0n) is 24.3. The van der Waals surface area contributed by atoms with Crippen LogP contribution in [0.1, 0.15) is 30.9 Å². The predicted octanol–water partition coefficient (Wildman–Crippen LogP) is -0.265. The summed E-state index contributed by atoms with van der Waals surface area (Å²) in [5, 5.41) is 61.7. The Bertz CT molecular complexity index is 1550. The van der Waals surface area contributed by atoms with Crippen molar-refractivity contribution < 1.29 is 54.2 Å². The first-order valence-corrected chi connectivity index (χ1v) is 13.6. The van der Waals surface area contributed by atoms with Crippen LogP contribution in [-0.4, -0.2) is 104 Å². The molecule has 0 heterocycles. The number of benzene rings is 1. The summed E-state index contributed by atoms with van der Waals surface area (Å²) in [4.78, 5) is 65.2. The minimum Gasteiger partial charge on any atom is -0.508 e. The number of amides is 3. The second-order valence-electron chi connectivity index (χ2n) is 11.2. The number of anilines is 1. The minimum atomic E-state index is -3.05. The van der Waals surface area contributed by atoms with E-state index in [1.54, 1.807) is 6.92 Å². The number of phenols is 1. The number of rotatable bonds is 7. The molecule has 0 aliphatic heterocycles. The Balaban J connectivity index is 1.82. The second kappa shape index (κ2) is 11.4. The molecule has 0 spiro atoms. The molecule has 0 radical (unpaired) electrons. The smallest absolute Gasteiger partial charge is 0.408 e. The molecule has 0 aromatic heterocycles. The molecule has 236 valence electrons. The number of Topliss-reactive ketones (excluding diaryl/α,β-unsaturated/α-hetero) is 2. The van der Waals surface area contributed by atoms with E-state index in [2.05, 4.69) is 17.2 Å². The summed E-state index contributed by atoms with van der Waals surface area (Å²) in [5.74, 6) is -11.1. The second-order valence-corrected chi connectivity index (χ2v) is 11.2. The molecule has 4 rings (SSSR count). The number of aliphatic hydroxyl groups is 4. The largest absolute Gasteiger partial charge is 0.508 e. The van der Waals surface area contributed by atoms with Crippen LogP contribution in [0.15, 0.2) is 41.7 Å². The fraction of sp³-hybridized carbons (Fsp3) is 0.414. The van der Waals surface area contributed by atoms with E-state index in [-0.39, 0.29) is 23.4 Å². The molecule has 7 atom stereocenters. The number of hydrogen-bond donors (Lipinski definition) is 8. The average Bonchev–Trinajstić information content (AvgIpc) is 2.94. The van der Waals surface area contributed by atoms with E-state index in [1.165, 1.54) is 44.1 Å². The molecule has 0 saturated heterocycles. The van der Waals surface area contributed by atoms with Gasteiger partial charge < -0.3 is 46.6 Å². The molecule has 15 heteroatoms. The van der Waals surface area contributed by atoms with Crippen LogP contribution in [0.5, 0.6) is 5.75 Å². The zero-order chi connectivity index (χ0) is 33.0. The van der Waals surface area contributed by atoms with E-state index in [0.717, 1.165) is 0 Å². The summed E-state index contributed by atoms with van der Waals surface area (Å²) >= 11 is 0. The molecule has 3 aliphatic rings. The molecule has 7 unspecified atom stereocenters. The topological polar surface area (TPSA) is 249 Å². The molecule has 0 bridgehead atoms. The Morgan fingerprint density at radius 2 is 1.84 bits per heavy atom. The lowest BCUT2D eigenvalue weighted by Gasteiger charge is -2.53. The Labute approximate surface area is 251 Å². The Morgan fingerprint density at radius 3 is 2.41 bits per heavy atom. The van der Waals surface area contributed by atoms with Gasteiger partial charge in [-0.25, -0.2) is 4.79 Å². The SMILES string of the molecule is C=CCOC(=O)NC(C)C(=O)Nc1ccc2c(c1O)C(O)=C1C(=O)C3(O)C(O)=C(C(N)=O)C(=O)C(N(C)C)C3C(O)C1C2C. The van der Waals surface area contributed by atoms with Crippen LogP contribution in [0.2, 0.25) is 0 Å².